The van der Waals surface area contributed by atoms with Crippen molar-refractivity contribution < 1.29 is 9.21 Å². The molecule has 1 aromatic carbocycles. The first-order valence-corrected chi connectivity index (χ1v) is 5.88. The van der Waals surface area contributed by atoms with Gasteiger partial charge in [0.1, 0.15) is 5.58 Å². The van der Waals surface area contributed by atoms with Gasteiger partial charge >= 0.3 is 0 Å². The first-order chi connectivity index (χ1) is 8.36. The molecule has 0 aliphatic carbocycles. The number of rotatable bonds is 3. The molecule has 17 heavy (non-hydrogen) atoms. The van der Waals surface area contributed by atoms with Crippen LogP contribution in [-0.2, 0) is 4.79 Å². The van der Waals surface area contributed by atoms with E-state index in [2.05, 4.69) is 10.3 Å². The SMILES string of the molecule is O=CNc1nc(-c2ccc3occc3c2)cs1. The predicted molar refractivity (Wildman–Crippen MR) is 67.0 cm³/mol. The van der Waals surface area contributed by atoms with Crippen molar-refractivity contribution in [1.82, 2.24) is 4.98 Å². The molecule has 2 heterocycles. The molecular weight excluding hydrogens is 236 g/mol. The number of amides is 1. The lowest BCUT2D eigenvalue weighted by atomic mass is 10.1. The van der Waals surface area contributed by atoms with Crippen molar-refractivity contribution in [3.63, 3.8) is 0 Å². The molecule has 5 heteroatoms. The average molecular weight is 244 g/mol. The van der Waals surface area contributed by atoms with Crippen molar-refractivity contribution in [1.29, 1.82) is 0 Å². The molecule has 0 unspecified atom stereocenters. The van der Waals surface area contributed by atoms with E-state index in [0.717, 1.165) is 22.2 Å². The summed E-state index contributed by atoms with van der Waals surface area (Å²) < 4.78 is 5.28. The number of anilines is 1. The largest absolute Gasteiger partial charge is 0.464 e. The van der Waals surface area contributed by atoms with E-state index in [9.17, 15) is 4.79 Å². The summed E-state index contributed by atoms with van der Waals surface area (Å²) in [6, 6.07) is 7.79. The molecular formula is C12H8N2O2S. The van der Waals surface area contributed by atoms with Crippen LogP contribution >= 0.6 is 11.3 Å². The van der Waals surface area contributed by atoms with Gasteiger partial charge in [-0.15, -0.1) is 11.3 Å². The van der Waals surface area contributed by atoms with Gasteiger partial charge in [0.05, 0.1) is 12.0 Å². The van der Waals surface area contributed by atoms with Gasteiger partial charge in [0, 0.05) is 16.3 Å². The Morgan fingerprint density at radius 1 is 1.35 bits per heavy atom. The topological polar surface area (TPSA) is 55.1 Å². The van der Waals surface area contributed by atoms with Gasteiger partial charge in [0.2, 0.25) is 6.41 Å². The highest BCUT2D eigenvalue weighted by atomic mass is 32.1. The lowest BCUT2D eigenvalue weighted by molar-refractivity contribution is -0.105. The van der Waals surface area contributed by atoms with E-state index in [1.165, 1.54) is 11.3 Å². The second-order valence-electron chi connectivity index (χ2n) is 3.47. The third-order valence-corrected chi connectivity index (χ3v) is 3.21. The van der Waals surface area contributed by atoms with E-state index in [1.54, 1.807) is 6.26 Å². The molecule has 0 saturated heterocycles. The standard InChI is InChI=1S/C12H8N2O2S/c15-7-13-12-14-10(6-17-12)8-1-2-11-9(5-8)3-4-16-11/h1-7H,(H,13,14,15). The van der Waals surface area contributed by atoms with Crippen LogP contribution in [0.2, 0.25) is 0 Å². The van der Waals surface area contributed by atoms with Crippen LogP contribution in [0.1, 0.15) is 0 Å². The molecule has 0 spiro atoms. The van der Waals surface area contributed by atoms with E-state index in [4.69, 9.17) is 4.42 Å². The highest BCUT2D eigenvalue weighted by Crippen LogP contribution is 2.27. The number of carbonyl (C=O) groups is 1. The van der Waals surface area contributed by atoms with E-state index >= 15 is 0 Å². The number of hydrogen-bond donors (Lipinski definition) is 1. The normalized spacial score (nSPS) is 10.6. The zero-order valence-corrected chi connectivity index (χ0v) is 9.53. The van der Waals surface area contributed by atoms with Crippen molar-refractivity contribution in [2.24, 2.45) is 0 Å². The van der Waals surface area contributed by atoms with Gasteiger partial charge in [-0.1, -0.05) is 0 Å². The van der Waals surface area contributed by atoms with E-state index in [1.807, 2.05) is 29.6 Å². The van der Waals surface area contributed by atoms with Crippen LogP contribution < -0.4 is 5.32 Å². The predicted octanol–water partition coefficient (Wildman–Crippen LogP) is 3.12. The van der Waals surface area contributed by atoms with Gasteiger partial charge in [-0.05, 0) is 24.3 Å². The zero-order valence-electron chi connectivity index (χ0n) is 8.71. The van der Waals surface area contributed by atoms with Gasteiger partial charge in [0.15, 0.2) is 5.13 Å². The van der Waals surface area contributed by atoms with Crippen LogP contribution in [0.15, 0.2) is 40.3 Å². The third kappa shape index (κ3) is 1.81. The molecule has 0 saturated carbocycles. The summed E-state index contributed by atoms with van der Waals surface area (Å²) in [4.78, 5) is 14.6. The third-order valence-electron chi connectivity index (χ3n) is 2.43. The second kappa shape index (κ2) is 4.03. The monoisotopic (exact) mass is 244 g/mol. The molecule has 0 fully saturated rings. The number of nitrogens with one attached hydrogen (secondary N) is 1. The summed E-state index contributed by atoms with van der Waals surface area (Å²) in [7, 11) is 0. The fourth-order valence-electron chi connectivity index (χ4n) is 1.65. The minimum atomic E-state index is 0.599. The van der Waals surface area contributed by atoms with Crippen LogP contribution in [0.5, 0.6) is 0 Å². The summed E-state index contributed by atoms with van der Waals surface area (Å²) in [5.74, 6) is 0. The fourth-order valence-corrected chi connectivity index (χ4v) is 2.33. The average Bonchev–Trinajstić information content (AvgIpc) is 2.96. The summed E-state index contributed by atoms with van der Waals surface area (Å²) >= 11 is 1.40. The van der Waals surface area contributed by atoms with Crippen molar-refractivity contribution in [3.05, 3.63) is 35.9 Å². The Morgan fingerprint density at radius 2 is 2.29 bits per heavy atom. The summed E-state index contributed by atoms with van der Waals surface area (Å²) in [5, 5.41) is 6.09. The number of aromatic nitrogens is 1. The van der Waals surface area contributed by atoms with Gasteiger partial charge < -0.3 is 9.73 Å². The molecule has 1 N–H and O–H groups in total. The first-order valence-electron chi connectivity index (χ1n) is 5.00. The molecule has 3 rings (SSSR count). The van der Waals surface area contributed by atoms with Crippen LogP contribution in [0, 0.1) is 0 Å². The number of hydrogen-bond acceptors (Lipinski definition) is 4. The number of nitrogens with zero attached hydrogens (tertiary/aromatic N) is 1. The molecule has 3 aromatic rings. The highest BCUT2D eigenvalue weighted by Gasteiger charge is 2.05. The number of thiazole rings is 1. The first kappa shape index (κ1) is 10.0. The number of benzene rings is 1. The Morgan fingerprint density at radius 3 is 3.18 bits per heavy atom. The van der Waals surface area contributed by atoms with Gasteiger partial charge in [0.25, 0.3) is 0 Å². The lowest BCUT2D eigenvalue weighted by Gasteiger charge is -1.96. The van der Waals surface area contributed by atoms with Crippen LogP contribution in [0.3, 0.4) is 0 Å². The number of furan rings is 1. The lowest BCUT2D eigenvalue weighted by Crippen LogP contribution is -1.91. The minimum absolute atomic E-state index is 0.599. The van der Waals surface area contributed by atoms with Gasteiger partial charge in [-0.2, -0.15) is 0 Å². The maximum absolute atomic E-state index is 10.3. The maximum atomic E-state index is 10.3. The summed E-state index contributed by atoms with van der Waals surface area (Å²) in [5.41, 5.74) is 2.71. The van der Waals surface area contributed by atoms with Crippen LogP contribution in [0.25, 0.3) is 22.2 Å². The molecule has 0 aliphatic rings. The zero-order chi connectivity index (χ0) is 11.7. The van der Waals surface area contributed by atoms with Crippen molar-refractivity contribution in [2.45, 2.75) is 0 Å². The molecule has 0 radical (unpaired) electrons. The van der Waals surface area contributed by atoms with E-state index in [0.29, 0.717) is 11.5 Å². The van der Waals surface area contributed by atoms with Gasteiger partial charge in [-0.25, -0.2) is 4.98 Å². The molecule has 84 valence electrons. The van der Waals surface area contributed by atoms with Crippen LogP contribution in [-0.4, -0.2) is 11.4 Å². The molecule has 0 aliphatic heterocycles. The Bertz CT molecular complexity index is 672. The minimum Gasteiger partial charge on any atom is -0.464 e. The Balaban J connectivity index is 2.03. The van der Waals surface area contributed by atoms with Crippen LogP contribution in [0.4, 0.5) is 5.13 Å². The second-order valence-corrected chi connectivity index (χ2v) is 4.33. The van der Waals surface area contributed by atoms with Crippen molar-refractivity contribution >= 4 is 33.8 Å². The molecule has 2 aromatic heterocycles. The molecule has 4 nitrogen and oxygen atoms in total. The van der Waals surface area contributed by atoms with E-state index in [-0.39, 0.29) is 0 Å². The Kier molecular flexibility index (Phi) is 2.38. The number of fused-ring (bicyclic) bond motifs is 1. The number of carbonyl (C=O) groups excluding carboxylic acids is 1. The highest BCUT2D eigenvalue weighted by molar-refractivity contribution is 7.14. The quantitative estimate of drug-likeness (QED) is 0.720. The smallest absolute Gasteiger partial charge is 0.213 e. The summed E-state index contributed by atoms with van der Waals surface area (Å²) in [6.45, 7) is 0. The van der Waals surface area contributed by atoms with Gasteiger partial charge in [-0.3, -0.25) is 4.79 Å². The molecule has 0 bridgehead atoms. The Hall–Kier alpha value is -2.14. The molecule has 0 atom stereocenters. The molecule has 1 amide bonds. The van der Waals surface area contributed by atoms with Crippen molar-refractivity contribution in [2.75, 3.05) is 5.32 Å². The fraction of sp³-hybridized carbons (Fsp3) is 0. The van der Waals surface area contributed by atoms with E-state index < -0.39 is 0 Å². The Labute approximate surface area is 101 Å². The maximum Gasteiger partial charge on any atom is 0.213 e. The van der Waals surface area contributed by atoms with Crippen molar-refractivity contribution in [3.8, 4) is 11.3 Å². The summed E-state index contributed by atoms with van der Waals surface area (Å²) in [6.07, 6.45) is 2.29.